The number of hydrogen-bond donors (Lipinski definition) is 2. The Hall–Kier alpha value is -2.42. The summed E-state index contributed by atoms with van der Waals surface area (Å²) in [5.74, 6) is 0.366. The average molecular weight is 475 g/mol. The molecule has 0 spiro atoms. The van der Waals surface area contributed by atoms with E-state index < -0.39 is 11.8 Å². The van der Waals surface area contributed by atoms with Gasteiger partial charge in [0.05, 0.1) is 6.54 Å². The predicted molar refractivity (Wildman–Crippen MR) is 125 cm³/mol. The van der Waals surface area contributed by atoms with E-state index in [0.717, 1.165) is 31.2 Å². The maximum absolute atomic E-state index is 13.7. The smallest absolute Gasteiger partial charge is 0.277 e. The molecule has 1 aliphatic carbocycles. The minimum atomic E-state index is -1.26. The molecule has 0 saturated heterocycles. The average Bonchev–Trinajstić information content (AvgIpc) is 3.24. The normalized spacial score (nSPS) is 26.1. The molecule has 1 saturated carbocycles. The van der Waals surface area contributed by atoms with Crippen molar-refractivity contribution in [1.29, 1.82) is 0 Å². The highest BCUT2D eigenvalue weighted by atomic mass is 35.5. The number of methoxy groups -OCH3 is 1. The van der Waals surface area contributed by atoms with Crippen LogP contribution in [0.1, 0.15) is 67.6 Å². The Morgan fingerprint density at radius 1 is 1.33 bits per heavy atom. The van der Waals surface area contributed by atoms with Crippen LogP contribution in [-0.4, -0.2) is 45.4 Å². The minimum Gasteiger partial charge on any atom is -0.363 e. The lowest BCUT2D eigenvalue weighted by Crippen LogP contribution is -2.65. The number of benzene rings is 1. The van der Waals surface area contributed by atoms with E-state index in [4.69, 9.17) is 16.3 Å². The summed E-state index contributed by atoms with van der Waals surface area (Å²) in [4.78, 5) is 29.0. The summed E-state index contributed by atoms with van der Waals surface area (Å²) in [5.41, 5.74) is 0.727. The van der Waals surface area contributed by atoms with Crippen LogP contribution in [0.25, 0.3) is 0 Å². The van der Waals surface area contributed by atoms with Crippen LogP contribution in [0.3, 0.4) is 0 Å². The quantitative estimate of drug-likeness (QED) is 0.494. The molecule has 1 aliphatic heterocycles. The molecular weight excluding hydrogens is 444 g/mol. The number of aliphatic hydroxyl groups excluding tert-OH is 1. The summed E-state index contributed by atoms with van der Waals surface area (Å²) < 4.78 is 6.45. The second-order valence-corrected chi connectivity index (χ2v) is 9.62. The number of carbonyl (C=O) groups is 2. The molecule has 2 aliphatic rings. The van der Waals surface area contributed by atoms with Crippen molar-refractivity contribution in [3.05, 3.63) is 47.3 Å². The van der Waals surface area contributed by atoms with Crippen LogP contribution in [-0.2, 0) is 22.0 Å². The van der Waals surface area contributed by atoms with Gasteiger partial charge in [-0.05, 0) is 62.3 Å². The molecule has 0 bridgehead atoms. The molecule has 9 heteroatoms. The highest BCUT2D eigenvalue weighted by molar-refractivity contribution is 6.17. The highest BCUT2D eigenvalue weighted by Gasteiger charge is 2.49. The lowest BCUT2D eigenvalue weighted by atomic mass is 9.86. The van der Waals surface area contributed by atoms with Crippen molar-refractivity contribution < 1.29 is 19.4 Å². The van der Waals surface area contributed by atoms with Crippen molar-refractivity contribution in [1.82, 2.24) is 15.1 Å². The molecule has 4 rings (SSSR count). The van der Waals surface area contributed by atoms with E-state index >= 15 is 0 Å². The molecule has 2 N–H and O–H groups in total. The number of aliphatic hydroxyl groups is 1. The van der Waals surface area contributed by atoms with E-state index in [1.54, 1.807) is 13.0 Å². The van der Waals surface area contributed by atoms with Crippen LogP contribution in [0, 0.1) is 5.92 Å². The number of rotatable bonds is 6. The van der Waals surface area contributed by atoms with Crippen LogP contribution in [0.5, 0.6) is 0 Å². The Balaban J connectivity index is 1.73. The van der Waals surface area contributed by atoms with Crippen LogP contribution >= 0.6 is 11.6 Å². The number of ether oxygens (including phenoxy) is 1. The number of carbonyl (C=O) groups excluding carboxylic acids is 2. The summed E-state index contributed by atoms with van der Waals surface area (Å²) in [6.45, 7) is 4.14. The lowest BCUT2D eigenvalue weighted by Gasteiger charge is -2.44. The van der Waals surface area contributed by atoms with Gasteiger partial charge < -0.3 is 15.2 Å². The molecule has 2 amide bonds. The second-order valence-electron chi connectivity index (χ2n) is 9.35. The zero-order chi connectivity index (χ0) is 23.8. The number of fused-ring (bicyclic) bond motifs is 1. The van der Waals surface area contributed by atoms with E-state index in [1.165, 1.54) is 22.8 Å². The maximum Gasteiger partial charge on any atom is 0.277 e. The van der Waals surface area contributed by atoms with Crippen molar-refractivity contribution in [3.8, 4) is 0 Å². The summed E-state index contributed by atoms with van der Waals surface area (Å²) in [6.07, 6.45) is 2.74. The number of alkyl halides is 1. The van der Waals surface area contributed by atoms with Gasteiger partial charge in [-0.1, -0.05) is 19.1 Å². The molecular formula is C24H31ClN4O4. The van der Waals surface area contributed by atoms with Crippen molar-refractivity contribution in [2.45, 2.75) is 69.8 Å². The molecule has 1 aromatic carbocycles. The zero-order valence-corrected chi connectivity index (χ0v) is 20.0. The molecule has 33 heavy (non-hydrogen) atoms. The summed E-state index contributed by atoms with van der Waals surface area (Å²) in [6, 6.07) is 8.93. The number of nitrogens with zero attached hydrogens (tertiary/aromatic N) is 3. The third-order valence-corrected chi connectivity index (χ3v) is 7.12. The number of hydrogen-bond acceptors (Lipinski definition) is 5. The Bertz CT molecular complexity index is 1030. The van der Waals surface area contributed by atoms with Gasteiger partial charge in [0.1, 0.15) is 16.9 Å². The molecule has 8 nitrogen and oxygen atoms in total. The van der Waals surface area contributed by atoms with Gasteiger partial charge in [-0.15, -0.1) is 11.6 Å². The number of anilines is 1. The van der Waals surface area contributed by atoms with Crippen molar-refractivity contribution in [2.24, 2.45) is 5.92 Å². The number of amides is 2. The topological polar surface area (TPSA) is 96.7 Å². The van der Waals surface area contributed by atoms with Gasteiger partial charge in [-0.2, -0.15) is 5.10 Å². The monoisotopic (exact) mass is 474 g/mol. The molecule has 1 aromatic heterocycles. The lowest BCUT2D eigenvalue weighted by molar-refractivity contribution is -0.127. The summed E-state index contributed by atoms with van der Waals surface area (Å²) >= 11 is 6.05. The molecule has 178 valence electrons. The Morgan fingerprint density at radius 2 is 2.06 bits per heavy atom. The summed E-state index contributed by atoms with van der Waals surface area (Å²) in [5, 5.41) is 17.6. The van der Waals surface area contributed by atoms with E-state index in [9.17, 15) is 14.7 Å². The number of halogens is 1. The third-order valence-electron chi connectivity index (χ3n) is 6.81. The van der Waals surface area contributed by atoms with Gasteiger partial charge in [0.15, 0.2) is 6.29 Å². The number of aromatic nitrogens is 2. The van der Waals surface area contributed by atoms with E-state index in [-0.39, 0.29) is 35.8 Å². The fraction of sp³-hybridized carbons (Fsp3) is 0.542. The predicted octanol–water partition coefficient (Wildman–Crippen LogP) is 3.37. The Morgan fingerprint density at radius 3 is 2.73 bits per heavy atom. The van der Waals surface area contributed by atoms with Gasteiger partial charge in [0.25, 0.3) is 5.91 Å². The Kier molecular flexibility index (Phi) is 6.79. The van der Waals surface area contributed by atoms with Crippen molar-refractivity contribution >= 4 is 29.1 Å². The SMILES string of the molecule is COC(O)c1cc2n(n1)CC(C)(C(=O)NC1CCC(C)CC1)N(c1cccc(CCl)c1)C2=O. The van der Waals surface area contributed by atoms with Crippen LogP contribution in [0.4, 0.5) is 5.69 Å². The first-order chi connectivity index (χ1) is 15.8. The fourth-order valence-electron chi connectivity index (χ4n) is 4.77. The Labute approximate surface area is 198 Å². The van der Waals surface area contributed by atoms with Gasteiger partial charge in [-0.25, -0.2) is 0 Å². The summed E-state index contributed by atoms with van der Waals surface area (Å²) in [7, 11) is 1.36. The molecule has 2 atom stereocenters. The van der Waals surface area contributed by atoms with Crippen molar-refractivity contribution in [2.75, 3.05) is 12.0 Å². The van der Waals surface area contributed by atoms with Gasteiger partial charge in [0.2, 0.25) is 5.91 Å². The fourth-order valence-corrected chi connectivity index (χ4v) is 4.94. The zero-order valence-electron chi connectivity index (χ0n) is 19.3. The first-order valence-electron chi connectivity index (χ1n) is 11.4. The van der Waals surface area contributed by atoms with Crippen molar-refractivity contribution in [3.63, 3.8) is 0 Å². The largest absolute Gasteiger partial charge is 0.363 e. The maximum atomic E-state index is 13.7. The second kappa shape index (κ2) is 9.44. The molecule has 1 fully saturated rings. The first kappa shape index (κ1) is 23.7. The van der Waals surface area contributed by atoms with Crippen LogP contribution < -0.4 is 10.2 Å². The van der Waals surface area contributed by atoms with Crippen LogP contribution in [0.15, 0.2) is 30.3 Å². The molecule has 2 unspecified atom stereocenters. The highest BCUT2D eigenvalue weighted by Crippen LogP contribution is 2.35. The van der Waals surface area contributed by atoms with Gasteiger partial charge in [-0.3, -0.25) is 19.2 Å². The standard InChI is InChI=1S/C24H31ClN4O4/c1-15-7-9-17(10-8-15)26-23(32)24(2)14-28-20(12-19(27-28)22(31)33-3)21(30)29(24)18-6-4-5-16(11-18)13-25/h4-6,11-12,15,17,22,31H,7-10,13-14H2,1-3H3,(H,26,32). The van der Waals surface area contributed by atoms with E-state index in [2.05, 4.69) is 17.3 Å². The minimum absolute atomic E-state index is 0.0848. The molecule has 2 aromatic rings. The van der Waals surface area contributed by atoms with Crippen LogP contribution in [0.2, 0.25) is 0 Å². The van der Waals surface area contributed by atoms with E-state index in [1.807, 2.05) is 18.2 Å². The molecule has 2 heterocycles. The molecule has 0 radical (unpaired) electrons. The van der Waals surface area contributed by atoms with E-state index in [0.29, 0.717) is 17.5 Å². The van der Waals surface area contributed by atoms with Gasteiger partial charge >= 0.3 is 0 Å². The van der Waals surface area contributed by atoms with Gasteiger partial charge in [0, 0.05) is 24.7 Å². The first-order valence-corrected chi connectivity index (χ1v) is 11.9. The third kappa shape index (κ3) is 4.52. The number of nitrogens with one attached hydrogen (secondary N) is 1.